The van der Waals surface area contributed by atoms with Crippen molar-refractivity contribution in [3.05, 3.63) is 66.0 Å². The van der Waals surface area contributed by atoms with E-state index in [1.54, 1.807) is 0 Å². The summed E-state index contributed by atoms with van der Waals surface area (Å²) in [5, 5.41) is 3.04. The molecule has 4 heteroatoms. The van der Waals surface area contributed by atoms with E-state index in [2.05, 4.69) is 31.3 Å². The Labute approximate surface area is 151 Å². The third kappa shape index (κ3) is 5.64. The fourth-order valence-corrected chi connectivity index (χ4v) is 2.88. The highest BCUT2D eigenvalue weighted by Gasteiger charge is 2.14. The molecule has 1 N–H and O–H groups in total. The topological polar surface area (TPSA) is 33.0 Å². The summed E-state index contributed by atoms with van der Waals surface area (Å²) in [6, 6.07) is 14.3. The summed E-state index contributed by atoms with van der Waals surface area (Å²) in [5.74, 6) is 0.637. The van der Waals surface area contributed by atoms with Crippen molar-refractivity contribution < 1.29 is 21.8 Å². The van der Waals surface area contributed by atoms with Crippen LogP contribution in [0, 0.1) is 0 Å². The van der Waals surface area contributed by atoms with Gasteiger partial charge in [0.25, 0.3) is 5.91 Å². The van der Waals surface area contributed by atoms with Gasteiger partial charge in [0.1, 0.15) is 0 Å². The number of amides is 1. The molecule has 2 rings (SSSR count). The van der Waals surface area contributed by atoms with E-state index in [4.69, 9.17) is 0 Å². The number of carbonyl (C=O) groups is 1. The zero-order chi connectivity index (χ0) is 16.7. The van der Waals surface area contributed by atoms with Crippen molar-refractivity contribution in [2.45, 2.75) is 52.1 Å². The van der Waals surface area contributed by atoms with E-state index in [-0.39, 0.29) is 24.4 Å². The van der Waals surface area contributed by atoms with Crippen LogP contribution in [0.4, 0.5) is 0 Å². The third-order valence-electron chi connectivity index (χ3n) is 4.38. The van der Waals surface area contributed by atoms with Gasteiger partial charge >= 0.3 is 0 Å². The van der Waals surface area contributed by atoms with Crippen LogP contribution in [0.15, 0.2) is 54.9 Å². The van der Waals surface area contributed by atoms with Gasteiger partial charge in [-0.25, -0.2) is 0 Å². The van der Waals surface area contributed by atoms with Crippen LogP contribution in [0.1, 0.15) is 56.7 Å². The van der Waals surface area contributed by atoms with Crippen molar-refractivity contribution in [3.63, 3.8) is 0 Å². The molecule has 24 heavy (non-hydrogen) atoms. The van der Waals surface area contributed by atoms with Gasteiger partial charge < -0.3 is 17.7 Å². The van der Waals surface area contributed by atoms with Crippen molar-refractivity contribution in [2.75, 3.05) is 0 Å². The van der Waals surface area contributed by atoms with Crippen molar-refractivity contribution in [1.82, 2.24) is 5.32 Å². The summed E-state index contributed by atoms with van der Waals surface area (Å²) in [5.41, 5.74) is 2.47. The SMILES string of the molecule is CCC(CC)c1cc[n+](CC(=O)NC(C)c2ccccc2)cc1.[Cl-]. The average molecular weight is 347 g/mol. The summed E-state index contributed by atoms with van der Waals surface area (Å²) in [7, 11) is 0. The van der Waals surface area contributed by atoms with Gasteiger partial charge in [0.15, 0.2) is 12.4 Å². The molecule has 0 spiro atoms. The number of aromatic nitrogens is 1. The summed E-state index contributed by atoms with van der Waals surface area (Å²) in [6.45, 7) is 6.79. The molecule has 0 saturated carbocycles. The van der Waals surface area contributed by atoms with Crippen LogP contribution in [-0.2, 0) is 11.3 Å². The quantitative estimate of drug-likeness (QED) is 0.738. The van der Waals surface area contributed by atoms with Crippen molar-refractivity contribution in [1.29, 1.82) is 0 Å². The van der Waals surface area contributed by atoms with E-state index < -0.39 is 0 Å². The Bertz CT molecular complexity index is 609. The highest BCUT2D eigenvalue weighted by atomic mass is 35.5. The number of hydrogen-bond donors (Lipinski definition) is 1. The third-order valence-corrected chi connectivity index (χ3v) is 4.38. The molecule has 0 radical (unpaired) electrons. The number of carbonyl (C=O) groups excluding carboxylic acids is 1. The standard InChI is InChI=1S/C20H26N2O.ClH/c1-4-17(5-2)19-11-13-22(14-12-19)15-20(23)21-16(3)18-9-7-6-8-10-18;/h6-14,16-17H,4-5,15H2,1-3H3;1H. The molecule has 1 aromatic carbocycles. The van der Waals surface area contributed by atoms with E-state index in [0.29, 0.717) is 12.5 Å². The lowest BCUT2D eigenvalue weighted by Gasteiger charge is -2.13. The molecule has 130 valence electrons. The van der Waals surface area contributed by atoms with Gasteiger partial charge in [-0.2, -0.15) is 4.57 Å². The molecule has 0 aliphatic rings. The minimum atomic E-state index is 0. The highest BCUT2D eigenvalue weighted by molar-refractivity contribution is 5.74. The number of hydrogen-bond acceptors (Lipinski definition) is 1. The number of pyridine rings is 1. The predicted octanol–water partition coefficient (Wildman–Crippen LogP) is 0.759. The van der Waals surface area contributed by atoms with Gasteiger partial charge in [-0.15, -0.1) is 0 Å². The zero-order valence-electron chi connectivity index (χ0n) is 14.7. The minimum absolute atomic E-state index is 0. The highest BCUT2D eigenvalue weighted by Crippen LogP contribution is 2.21. The average Bonchev–Trinajstić information content (AvgIpc) is 2.58. The van der Waals surface area contributed by atoms with Gasteiger partial charge in [0, 0.05) is 12.1 Å². The first-order valence-electron chi connectivity index (χ1n) is 8.47. The second-order valence-electron chi connectivity index (χ2n) is 6.02. The van der Waals surface area contributed by atoms with Crippen LogP contribution in [0.25, 0.3) is 0 Å². The normalized spacial score (nSPS) is 11.7. The van der Waals surface area contributed by atoms with Gasteiger partial charge in [0.05, 0.1) is 6.04 Å². The molecular weight excluding hydrogens is 320 g/mol. The smallest absolute Gasteiger partial charge is 0.286 e. The van der Waals surface area contributed by atoms with Gasteiger partial charge in [-0.3, -0.25) is 4.79 Å². The number of nitrogens with one attached hydrogen (secondary N) is 1. The largest absolute Gasteiger partial charge is 1.00 e. The van der Waals surface area contributed by atoms with E-state index in [1.807, 2.05) is 54.2 Å². The summed E-state index contributed by atoms with van der Waals surface area (Å²) in [4.78, 5) is 12.2. The van der Waals surface area contributed by atoms with E-state index >= 15 is 0 Å². The molecule has 0 saturated heterocycles. The lowest BCUT2D eigenvalue weighted by Crippen LogP contribution is -3.00. The van der Waals surface area contributed by atoms with Crippen LogP contribution < -0.4 is 22.3 Å². The molecular formula is C20H27ClN2O. The lowest BCUT2D eigenvalue weighted by molar-refractivity contribution is -0.684. The Morgan fingerprint density at radius 1 is 1.00 bits per heavy atom. The summed E-state index contributed by atoms with van der Waals surface area (Å²) in [6.07, 6.45) is 6.30. The van der Waals surface area contributed by atoms with Crippen molar-refractivity contribution in [3.8, 4) is 0 Å². The summed E-state index contributed by atoms with van der Waals surface area (Å²) < 4.78 is 1.93. The Morgan fingerprint density at radius 2 is 1.58 bits per heavy atom. The Hall–Kier alpha value is -1.87. The Kier molecular flexibility index (Phi) is 8.48. The number of nitrogens with zero attached hydrogens (tertiary/aromatic N) is 1. The molecule has 2 aromatic rings. The maximum Gasteiger partial charge on any atom is 0.286 e. The van der Waals surface area contributed by atoms with E-state index in [9.17, 15) is 4.79 Å². The first kappa shape index (κ1) is 20.2. The molecule has 1 atom stereocenters. The van der Waals surface area contributed by atoms with Crippen molar-refractivity contribution in [2.24, 2.45) is 0 Å². The van der Waals surface area contributed by atoms with Crippen LogP contribution >= 0.6 is 0 Å². The van der Waals surface area contributed by atoms with E-state index in [0.717, 1.165) is 18.4 Å². The van der Waals surface area contributed by atoms with Gasteiger partial charge in [0.2, 0.25) is 6.54 Å². The fraction of sp³-hybridized carbons (Fsp3) is 0.400. The molecule has 0 bridgehead atoms. The van der Waals surface area contributed by atoms with Gasteiger partial charge in [-0.1, -0.05) is 44.2 Å². The van der Waals surface area contributed by atoms with Crippen LogP contribution in [-0.4, -0.2) is 5.91 Å². The number of benzene rings is 1. The minimum Gasteiger partial charge on any atom is -1.00 e. The molecule has 0 fully saturated rings. The molecule has 0 aliphatic heterocycles. The van der Waals surface area contributed by atoms with Crippen molar-refractivity contribution >= 4 is 5.91 Å². The fourth-order valence-electron chi connectivity index (χ4n) is 2.88. The second kappa shape index (κ2) is 10.1. The number of halogens is 1. The van der Waals surface area contributed by atoms with Crippen LogP contribution in [0.3, 0.4) is 0 Å². The maximum absolute atomic E-state index is 12.2. The molecule has 1 amide bonds. The Morgan fingerprint density at radius 3 is 2.12 bits per heavy atom. The first-order valence-corrected chi connectivity index (χ1v) is 8.47. The predicted molar refractivity (Wildman–Crippen MR) is 93.0 cm³/mol. The van der Waals surface area contributed by atoms with Crippen LogP contribution in [0.5, 0.6) is 0 Å². The first-order chi connectivity index (χ1) is 11.1. The Balaban J connectivity index is 0.00000288. The lowest BCUT2D eigenvalue weighted by atomic mass is 9.95. The monoisotopic (exact) mass is 346 g/mol. The van der Waals surface area contributed by atoms with E-state index in [1.165, 1.54) is 5.56 Å². The second-order valence-corrected chi connectivity index (χ2v) is 6.02. The molecule has 1 heterocycles. The maximum atomic E-state index is 12.2. The summed E-state index contributed by atoms with van der Waals surface area (Å²) >= 11 is 0. The van der Waals surface area contributed by atoms with Gasteiger partial charge in [-0.05, 0) is 36.8 Å². The molecule has 3 nitrogen and oxygen atoms in total. The molecule has 1 unspecified atom stereocenters. The number of rotatable bonds is 7. The molecule has 1 aromatic heterocycles. The zero-order valence-corrected chi connectivity index (χ0v) is 15.5. The molecule has 0 aliphatic carbocycles. The van der Waals surface area contributed by atoms with Crippen LogP contribution in [0.2, 0.25) is 0 Å².